The van der Waals surface area contributed by atoms with Crippen molar-refractivity contribution >= 4 is 40.2 Å². The first-order valence-electron chi connectivity index (χ1n) is 11.7. The molecule has 0 atom stereocenters. The van der Waals surface area contributed by atoms with E-state index in [9.17, 15) is 9.90 Å². The number of amides is 1. The molecule has 0 unspecified atom stereocenters. The lowest BCUT2D eigenvalue weighted by Gasteiger charge is -2.26. The van der Waals surface area contributed by atoms with E-state index in [2.05, 4.69) is 30.6 Å². The number of hydrogen-bond acceptors (Lipinski definition) is 11. The summed E-state index contributed by atoms with van der Waals surface area (Å²) in [6, 6.07) is 4.81. The number of benzene rings is 1. The second kappa shape index (κ2) is 10.7. The van der Waals surface area contributed by atoms with Crippen molar-refractivity contribution in [1.29, 1.82) is 5.41 Å². The molecule has 1 aliphatic heterocycles. The summed E-state index contributed by atoms with van der Waals surface area (Å²) in [5.41, 5.74) is 1.28. The van der Waals surface area contributed by atoms with Gasteiger partial charge in [-0.1, -0.05) is 20.8 Å². The van der Waals surface area contributed by atoms with Crippen LogP contribution in [0.5, 0.6) is 5.75 Å². The predicted molar refractivity (Wildman–Crippen MR) is 140 cm³/mol. The summed E-state index contributed by atoms with van der Waals surface area (Å²) in [5.74, 6) is 0.701. The molecule has 1 amide bonds. The van der Waals surface area contributed by atoms with Crippen molar-refractivity contribution in [3.05, 3.63) is 48.1 Å². The molecule has 1 fully saturated rings. The second-order valence-corrected chi connectivity index (χ2v) is 9.41. The van der Waals surface area contributed by atoms with Crippen LogP contribution in [0.15, 0.2) is 42.6 Å². The SMILES string of the molecule is COc1ccc(C(=O)NC(=N)/C=C(\O)C(C)(C)C)cc1Nc1ncnc2cnc(N3CCOCC3)nc12. The summed E-state index contributed by atoms with van der Waals surface area (Å²) >= 11 is 0. The molecule has 1 aromatic carbocycles. The van der Waals surface area contributed by atoms with Gasteiger partial charge in [0, 0.05) is 30.1 Å². The van der Waals surface area contributed by atoms with Crippen molar-refractivity contribution in [1.82, 2.24) is 25.3 Å². The third kappa shape index (κ3) is 6.09. The van der Waals surface area contributed by atoms with E-state index in [-0.39, 0.29) is 17.2 Å². The standard InChI is InChI=1S/C25H30N8O4/c1-25(2,3)19(34)12-20(26)31-23(35)15-5-6-18(36-4)16(11-15)30-22-21-17(28-14-29-22)13-27-24(32-21)33-7-9-37-10-8-33/h5-6,11-14,34H,7-10H2,1-4H3,(H2,26,31,35)(H,28,29,30)/b19-12-. The fourth-order valence-corrected chi connectivity index (χ4v) is 3.51. The van der Waals surface area contributed by atoms with Crippen LogP contribution < -0.4 is 20.3 Å². The number of nitrogens with zero attached hydrogens (tertiary/aromatic N) is 5. The second-order valence-electron chi connectivity index (χ2n) is 9.41. The molecule has 3 aromatic rings. The first-order valence-corrected chi connectivity index (χ1v) is 11.7. The Kier molecular flexibility index (Phi) is 7.48. The minimum absolute atomic E-state index is 0.0102. The van der Waals surface area contributed by atoms with Gasteiger partial charge >= 0.3 is 0 Å². The first-order chi connectivity index (χ1) is 17.7. The molecule has 0 aliphatic carbocycles. The van der Waals surface area contributed by atoms with Gasteiger partial charge in [0.25, 0.3) is 5.91 Å². The number of carbonyl (C=O) groups excluding carboxylic acids is 1. The third-order valence-electron chi connectivity index (χ3n) is 5.67. The van der Waals surface area contributed by atoms with E-state index in [0.717, 1.165) is 0 Å². The van der Waals surface area contributed by atoms with E-state index in [4.69, 9.17) is 14.9 Å². The molecule has 37 heavy (non-hydrogen) atoms. The Balaban J connectivity index is 1.61. The fourth-order valence-electron chi connectivity index (χ4n) is 3.51. The summed E-state index contributed by atoms with van der Waals surface area (Å²) in [6.07, 6.45) is 4.27. The molecule has 3 heterocycles. The topological polar surface area (TPSA) is 158 Å². The Labute approximate surface area is 214 Å². The molecule has 0 spiro atoms. The number of fused-ring (bicyclic) bond motifs is 1. The number of amidine groups is 1. The number of rotatable bonds is 6. The summed E-state index contributed by atoms with van der Waals surface area (Å²) in [7, 11) is 1.52. The molecule has 12 nitrogen and oxygen atoms in total. The maximum Gasteiger partial charge on any atom is 0.256 e. The van der Waals surface area contributed by atoms with E-state index in [1.165, 1.54) is 19.5 Å². The molecule has 1 saturated heterocycles. The lowest BCUT2D eigenvalue weighted by Crippen LogP contribution is -2.37. The number of aliphatic hydroxyl groups excluding tert-OH is 1. The van der Waals surface area contributed by atoms with E-state index in [1.54, 1.807) is 45.2 Å². The van der Waals surface area contributed by atoms with E-state index in [1.807, 2.05) is 4.90 Å². The Bertz CT molecular complexity index is 1350. The van der Waals surface area contributed by atoms with Gasteiger partial charge in [0.1, 0.15) is 34.7 Å². The number of nitrogens with one attached hydrogen (secondary N) is 3. The van der Waals surface area contributed by atoms with Crippen LogP contribution in [0.4, 0.5) is 17.5 Å². The van der Waals surface area contributed by atoms with Crippen molar-refractivity contribution < 1.29 is 19.4 Å². The Morgan fingerprint density at radius 3 is 2.68 bits per heavy atom. The van der Waals surface area contributed by atoms with Gasteiger partial charge < -0.3 is 30.1 Å². The Hall–Kier alpha value is -4.32. The highest BCUT2D eigenvalue weighted by Crippen LogP contribution is 2.30. The molecule has 0 bridgehead atoms. The molecule has 194 valence electrons. The molecule has 4 N–H and O–H groups in total. The zero-order chi connectivity index (χ0) is 26.6. The van der Waals surface area contributed by atoms with Gasteiger partial charge in [0.15, 0.2) is 5.82 Å². The number of carbonyl (C=O) groups is 1. The normalized spacial score (nSPS) is 14.4. The van der Waals surface area contributed by atoms with Gasteiger partial charge in [-0.25, -0.2) is 19.9 Å². The molecule has 0 radical (unpaired) electrons. The summed E-state index contributed by atoms with van der Waals surface area (Å²) in [6.45, 7) is 8.00. The van der Waals surface area contributed by atoms with Crippen LogP contribution in [-0.2, 0) is 4.74 Å². The van der Waals surface area contributed by atoms with E-state index < -0.39 is 11.3 Å². The summed E-state index contributed by atoms with van der Waals surface area (Å²) in [4.78, 5) is 32.6. The van der Waals surface area contributed by atoms with Gasteiger partial charge in [-0.05, 0) is 18.2 Å². The zero-order valence-electron chi connectivity index (χ0n) is 21.2. The van der Waals surface area contributed by atoms with Gasteiger partial charge in [0.05, 0.1) is 32.2 Å². The number of hydrogen-bond donors (Lipinski definition) is 4. The van der Waals surface area contributed by atoms with Crippen LogP contribution in [-0.4, -0.2) is 70.2 Å². The molecule has 4 rings (SSSR count). The quantitative estimate of drug-likeness (QED) is 0.222. The smallest absolute Gasteiger partial charge is 0.256 e. The molecule has 1 aliphatic rings. The maximum atomic E-state index is 12.8. The van der Waals surface area contributed by atoms with E-state index >= 15 is 0 Å². The number of anilines is 3. The maximum absolute atomic E-state index is 12.8. The zero-order valence-corrected chi connectivity index (χ0v) is 21.2. The van der Waals surface area contributed by atoms with Gasteiger partial charge in [-0.15, -0.1) is 0 Å². The molecule has 0 saturated carbocycles. The summed E-state index contributed by atoms with van der Waals surface area (Å²) < 4.78 is 10.9. The van der Waals surface area contributed by atoms with Crippen LogP contribution in [0, 0.1) is 10.8 Å². The molecular weight excluding hydrogens is 476 g/mol. The number of allylic oxidation sites excluding steroid dienone is 1. The highest BCUT2D eigenvalue weighted by atomic mass is 16.5. The van der Waals surface area contributed by atoms with E-state index in [0.29, 0.717) is 60.5 Å². The number of methoxy groups -OCH3 is 1. The van der Waals surface area contributed by atoms with Crippen LogP contribution in [0.25, 0.3) is 11.0 Å². The first kappa shape index (κ1) is 25.8. The van der Waals surface area contributed by atoms with Crippen molar-refractivity contribution in [3.8, 4) is 5.75 Å². The minimum Gasteiger partial charge on any atom is -0.512 e. The highest BCUT2D eigenvalue weighted by molar-refractivity contribution is 6.09. The van der Waals surface area contributed by atoms with Crippen LogP contribution in [0.3, 0.4) is 0 Å². The Morgan fingerprint density at radius 1 is 1.22 bits per heavy atom. The number of aromatic nitrogens is 4. The van der Waals surface area contributed by atoms with Gasteiger partial charge in [0.2, 0.25) is 5.95 Å². The fraction of sp³-hybridized carbons (Fsp3) is 0.360. The van der Waals surface area contributed by atoms with Crippen LogP contribution in [0.2, 0.25) is 0 Å². The molecular formula is C25H30N8O4. The molecule has 12 heteroatoms. The average molecular weight is 507 g/mol. The van der Waals surface area contributed by atoms with Crippen LogP contribution >= 0.6 is 0 Å². The number of ether oxygens (including phenoxy) is 2. The van der Waals surface area contributed by atoms with Gasteiger partial charge in [-0.3, -0.25) is 10.2 Å². The largest absolute Gasteiger partial charge is 0.512 e. The van der Waals surface area contributed by atoms with Gasteiger partial charge in [-0.2, -0.15) is 0 Å². The number of morpholine rings is 1. The third-order valence-corrected chi connectivity index (χ3v) is 5.67. The lowest BCUT2D eigenvalue weighted by molar-refractivity contribution is 0.0977. The highest BCUT2D eigenvalue weighted by Gasteiger charge is 2.19. The van der Waals surface area contributed by atoms with Crippen molar-refractivity contribution in [3.63, 3.8) is 0 Å². The Morgan fingerprint density at radius 2 is 1.97 bits per heavy atom. The lowest BCUT2D eigenvalue weighted by atomic mass is 9.93. The van der Waals surface area contributed by atoms with Crippen molar-refractivity contribution in [2.75, 3.05) is 43.6 Å². The average Bonchev–Trinajstić information content (AvgIpc) is 2.88. The monoisotopic (exact) mass is 506 g/mol. The van der Waals surface area contributed by atoms with Crippen LogP contribution in [0.1, 0.15) is 31.1 Å². The summed E-state index contributed by atoms with van der Waals surface area (Å²) in [5, 5.41) is 23.8. The molecule has 2 aromatic heterocycles. The predicted octanol–water partition coefficient (Wildman–Crippen LogP) is 3.20. The number of aliphatic hydroxyl groups is 1. The minimum atomic E-state index is -0.542. The van der Waals surface area contributed by atoms with Crippen molar-refractivity contribution in [2.45, 2.75) is 20.8 Å². The van der Waals surface area contributed by atoms with Crippen molar-refractivity contribution in [2.24, 2.45) is 5.41 Å².